The normalized spacial score (nSPS) is 21.7. The summed E-state index contributed by atoms with van der Waals surface area (Å²) in [6.07, 6.45) is 10.9. The summed E-state index contributed by atoms with van der Waals surface area (Å²) in [5, 5.41) is 18.4. The Hall–Kier alpha value is -1.41. The van der Waals surface area contributed by atoms with E-state index in [1.807, 2.05) is 7.05 Å². The summed E-state index contributed by atoms with van der Waals surface area (Å²) >= 11 is 6.09. The van der Waals surface area contributed by atoms with Gasteiger partial charge in [-0.05, 0) is 57.6 Å². The number of carbonyl (C=O) groups is 1. The average molecular weight is 526 g/mol. The van der Waals surface area contributed by atoms with Gasteiger partial charge in [0.1, 0.15) is 5.82 Å². The van der Waals surface area contributed by atoms with E-state index >= 15 is 4.39 Å². The van der Waals surface area contributed by atoms with Crippen molar-refractivity contribution >= 4 is 17.6 Å². The number of unbranched alkanes of at least 4 members (excludes halogenated alkanes) is 1. The van der Waals surface area contributed by atoms with Crippen LogP contribution in [0.15, 0.2) is 18.2 Å². The quantitative estimate of drug-likeness (QED) is 0.317. The molecule has 0 bridgehead atoms. The van der Waals surface area contributed by atoms with Gasteiger partial charge < -0.3 is 25.4 Å². The van der Waals surface area contributed by atoms with Crippen molar-refractivity contribution in [2.75, 3.05) is 40.4 Å². The van der Waals surface area contributed by atoms with E-state index in [9.17, 15) is 9.90 Å². The van der Waals surface area contributed by atoms with E-state index in [4.69, 9.17) is 16.3 Å². The van der Waals surface area contributed by atoms with Crippen LogP contribution in [0.25, 0.3) is 0 Å². The van der Waals surface area contributed by atoms with E-state index in [-0.39, 0.29) is 28.6 Å². The standard InChI is InChI=1S/C28H45ClFN3O3/c1-31-23(18-21-10-4-3-5-11-21)19-32-27(34)33-16-9-12-22(20-33)28(35,15-6-7-17-36-2)24-13-8-14-25(29)26(24)30/h8,13-14,21-23,31,35H,3-7,9-12,15-20H2,1-2H3,(H,32,34)/t22-,23+,28+/m1/s1. The van der Waals surface area contributed by atoms with Crippen molar-refractivity contribution in [3.8, 4) is 0 Å². The van der Waals surface area contributed by atoms with Crippen LogP contribution >= 0.6 is 11.6 Å². The van der Waals surface area contributed by atoms with Gasteiger partial charge in [0, 0.05) is 50.9 Å². The second-order valence-corrected chi connectivity index (χ2v) is 11.1. The first-order chi connectivity index (χ1) is 17.4. The molecule has 36 heavy (non-hydrogen) atoms. The number of benzene rings is 1. The summed E-state index contributed by atoms with van der Waals surface area (Å²) in [4.78, 5) is 14.9. The number of hydrogen-bond donors (Lipinski definition) is 3. The molecule has 2 fully saturated rings. The Morgan fingerprint density at radius 3 is 2.75 bits per heavy atom. The van der Waals surface area contributed by atoms with Crippen LogP contribution in [0.3, 0.4) is 0 Å². The van der Waals surface area contributed by atoms with Gasteiger partial charge in [0.2, 0.25) is 0 Å². The molecule has 204 valence electrons. The van der Waals surface area contributed by atoms with Crippen molar-refractivity contribution in [3.63, 3.8) is 0 Å². The summed E-state index contributed by atoms with van der Waals surface area (Å²) in [5.74, 6) is -0.127. The second-order valence-electron chi connectivity index (χ2n) is 10.7. The molecule has 0 radical (unpaired) electrons. The molecule has 2 amide bonds. The highest BCUT2D eigenvalue weighted by Crippen LogP contribution is 2.42. The van der Waals surface area contributed by atoms with Gasteiger partial charge in [-0.2, -0.15) is 0 Å². The van der Waals surface area contributed by atoms with Gasteiger partial charge in [-0.15, -0.1) is 0 Å². The number of amides is 2. The Kier molecular flexibility index (Phi) is 11.7. The van der Waals surface area contributed by atoms with Crippen LogP contribution in [0.5, 0.6) is 0 Å². The molecule has 1 saturated carbocycles. The lowest BCUT2D eigenvalue weighted by atomic mass is 9.74. The van der Waals surface area contributed by atoms with Crippen LogP contribution < -0.4 is 10.6 Å². The first kappa shape index (κ1) is 29.2. The molecule has 3 N–H and O–H groups in total. The summed E-state index contributed by atoms with van der Waals surface area (Å²) in [7, 11) is 3.61. The lowest BCUT2D eigenvalue weighted by Crippen LogP contribution is -2.52. The van der Waals surface area contributed by atoms with Crippen molar-refractivity contribution in [2.24, 2.45) is 11.8 Å². The number of aliphatic hydroxyl groups is 1. The highest BCUT2D eigenvalue weighted by atomic mass is 35.5. The summed E-state index contributed by atoms with van der Waals surface area (Å²) in [6, 6.07) is 4.93. The third kappa shape index (κ3) is 7.80. The van der Waals surface area contributed by atoms with E-state index < -0.39 is 11.4 Å². The van der Waals surface area contributed by atoms with E-state index in [2.05, 4.69) is 10.6 Å². The monoisotopic (exact) mass is 525 g/mol. The third-order valence-corrected chi connectivity index (χ3v) is 8.50. The summed E-state index contributed by atoms with van der Waals surface area (Å²) < 4.78 is 20.3. The van der Waals surface area contributed by atoms with E-state index in [0.29, 0.717) is 39.1 Å². The maximum Gasteiger partial charge on any atom is 0.317 e. The number of nitrogens with one attached hydrogen (secondary N) is 2. The zero-order valence-corrected chi connectivity index (χ0v) is 22.8. The number of likely N-dealkylation sites (tertiary alicyclic amines) is 1. The number of carbonyl (C=O) groups excluding carboxylic acids is 1. The largest absolute Gasteiger partial charge is 0.385 e. The molecule has 1 aromatic carbocycles. The Bertz CT molecular complexity index is 823. The molecule has 8 heteroatoms. The Labute approximate surface area is 221 Å². The Morgan fingerprint density at radius 1 is 1.25 bits per heavy atom. The molecule has 6 nitrogen and oxygen atoms in total. The number of rotatable bonds is 12. The molecule has 0 spiro atoms. The molecule has 1 heterocycles. The van der Waals surface area contributed by atoms with Crippen molar-refractivity contribution in [1.82, 2.24) is 15.5 Å². The van der Waals surface area contributed by atoms with Crippen LogP contribution in [0.4, 0.5) is 9.18 Å². The van der Waals surface area contributed by atoms with Gasteiger partial charge >= 0.3 is 6.03 Å². The first-order valence-corrected chi connectivity index (χ1v) is 14.1. The predicted octanol–water partition coefficient (Wildman–Crippen LogP) is 5.46. The molecule has 3 rings (SSSR count). The van der Waals surface area contributed by atoms with Crippen molar-refractivity contribution in [3.05, 3.63) is 34.6 Å². The molecular formula is C28H45ClFN3O3. The van der Waals surface area contributed by atoms with Gasteiger partial charge in [0.15, 0.2) is 0 Å². The highest BCUT2D eigenvalue weighted by molar-refractivity contribution is 6.30. The molecule has 0 unspecified atom stereocenters. The number of methoxy groups -OCH3 is 1. The van der Waals surface area contributed by atoms with E-state index in [0.717, 1.165) is 31.6 Å². The van der Waals surface area contributed by atoms with Crippen molar-refractivity contribution < 1.29 is 19.0 Å². The smallest absolute Gasteiger partial charge is 0.317 e. The van der Waals surface area contributed by atoms with Crippen LogP contribution in [-0.4, -0.2) is 62.5 Å². The molecule has 2 aliphatic rings. The van der Waals surface area contributed by atoms with Gasteiger partial charge in [0.25, 0.3) is 0 Å². The fourth-order valence-corrected chi connectivity index (χ4v) is 6.21. The highest BCUT2D eigenvalue weighted by Gasteiger charge is 2.43. The maximum atomic E-state index is 15.1. The summed E-state index contributed by atoms with van der Waals surface area (Å²) in [6.45, 7) is 2.18. The molecule has 1 aliphatic carbocycles. The van der Waals surface area contributed by atoms with Gasteiger partial charge in [-0.3, -0.25) is 0 Å². The van der Waals surface area contributed by atoms with Crippen LogP contribution in [-0.2, 0) is 10.3 Å². The molecule has 0 aromatic heterocycles. The minimum atomic E-state index is -1.41. The van der Waals surface area contributed by atoms with Gasteiger partial charge in [-0.25, -0.2) is 9.18 Å². The zero-order chi connectivity index (χ0) is 26.0. The first-order valence-electron chi connectivity index (χ1n) is 13.7. The Balaban J connectivity index is 1.65. The SMILES string of the molecule is CN[C@H](CNC(=O)N1CCC[C@@H]([C@@](O)(CCCCOC)c2cccc(Cl)c2F)C1)CC1CCCCC1. The maximum absolute atomic E-state index is 15.1. The zero-order valence-electron chi connectivity index (χ0n) is 22.0. The number of nitrogens with zero attached hydrogens (tertiary/aromatic N) is 1. The summed E-state index contributed by atoms with van der Waals surface area (Å²) in [5.41, 5.74) is -1.18. The number of hydrogen-bond acceptors (Lipinski definition) is 4. The van der Waals surface area contributed by atoms with Crippen molar-refractivity contribution in [2.45, 2.75) is 82.3 Å². The minimum Gasteiger partial charge on any atom is -0.385 e. The van der Waals surface area contributed by atoms with Crippen LogP contribution in [0.2, 0.25) is 5.02 Å². The van der Waals surface area contributed by atoms with Gasteiger partial charge in [-0.1, -0.05) is 55.8 Å². The Morgan fingerprint density at radius 2 is 2.03 bits per heavy atom. The predicted molar refractivity (Wildman–Crippen MR) is 143 cm³/mol. The fraction of sp³-hybridized carbons (Fsp3) is 0.750. The topological polar surface area (TPSA) is 73.8 Å². The number of likely N-dealkylation sites (N-methyl/N-ethyl adjacent to an activating group) is 1. The van der Waals surface area contributed by atoms with E-state index in [1.54, 1.807) is 24.1 Å². The number of urea groups is 1. The lowest BCUT2D eigenvalue weighted by Gasteiger charge is -2.43. The number of halogens is 2. The molecule has 1 saturated heterocycles. The van der Waals surface area contributed by atoms with Crippen LogP contribution in [0, 0.1) is 17.7 Å². The number of ether oxygens (including phenoxy) is 1. The average Bonchev–Trinajstić information content (AvgIpc) is 2.91. The van der Waals surface area contributed by atoms with Crippen molar-refractivity contribution in [1.29, 1.82) is 0 Å². The minimum absolute atomic E-state index is 0.00398. The van der Waals surface area contributed by atoms with Crippen LogP contribution in [0.1, 0.15) is 76.2 Å². The third-order valence-electron chi connectivity index (χ3n) is 8.21. The number of piperidine rings is 1. The lowest BCUT2D eigenvalue weighted by molar-refractivity contribution is -0.0586. The van der Waals surface area contributed by atoms with Gasteiger partial charge in [0.05, 0.1) is 10.6 Å². The molecule has 1 aromatic rings. The van der Waals surface area contributed by atoms with E-state index in [1.165, 1.54) is 38.2 Å². The molecular weight excluding hydrogens is 481 g/mol. The molecule has 3 atom stereocenters. The molecule has 1 aliphatic heterocycles. The second kappa shape index (κ2) is 14.5. The fourth-order valence-electron chi connectivity index (χ4n) is 6.04.